The van der Waals surface area contributed by atoms with Crippen LogP contribution in [-0.4, -0.2) is 40.6 Å². The number of carbonyl (C=O) groups is 2. The van der Waals surface area contributed by atoms with Crippen LogP contribution in [-0.2, 0) is 9.59 Å². The predicted octanol–water partition coefficient (Wildman–Crippen LogP) is 2.21. The van der Waals surface area contributed by atoms with Crippen LogP contribution in [0.3, 0.4) is 0 Å². The number of nitrogens with zero attached hydrogens (tertiary/aromatic N) is 1. The first kappa shape index (κ1) is 14.9. The molecule has 0 aromatic carbocycles. The molecule has 1 fully saturated rings. The molecule has 2 aliphatic carbocycles. The summed E-state index contributed by atoms with van der Waals surface area (Å²) in [6.07, 6.45) is 0.368. The van der Waals surface area contributed by atoms with Gasteiger partial charge in [0.1, 0.15) is 6.54 Å². The number of hydrogen-bond acceptors (Lipinski definition) is 2. The number of rotatable bonds is 4. The summed E-state index contributed by atoms with van der Waals surface area (Å²) >= 11 is 0. The maximum Gasteiger partial charge on any atom is 0.406 e. The standard InChI is InChI=1S/C13H16F3NO3/c14-13(15,16)7-17(8-5-6-8)11(18)9-3-1-2-4-10(9)12(19)20/h1-2,8-10H,3-7H2,(H,19,20)/t9-,10+/m1/s1. The number of amides is 1. The SMILES string of the molecule is O=C(O)[C@H]1CC=CC[C@H]1C(=O)N(CC(F)(F)F)C1CC1. The monoisotopic (exact) mass is 291 g/mol. The van der Waals surface area contributed by atoms with Crippen molar-refractivity contribution in [2.24, 2.45) is 11.8 Å². The molecule has 2 atom stereocenters. The maximum absolute atomic E-state index is 12.6. The molecule has 0 bridgehead atoms. The van der Waals surface area contributed by atoms with E-state index in [0.29, 0.717) is 12.8 Å². The summed E-state index contributed by atoms with van der Waals surface area (Å²) in [7, 11) is 0. The van der Waals surface area contributed by atoms with Crippen molar-refractivity contribution >= 4 is 11.9 Å². The zero-order chi connectivity index (χ0) is 14.9. The van der Waals surface area contributed by atoms with Crippen LogP contribution >= 0.6 is 0 Å². The largest absolute Gasteiger partial charge is 0.481 e. The van der Waals surface area contributed by atoms with Gasteiger partial charge in [-0.25, -0.2) is 0 Å². The van der Waals surface area contributed by atoms with E-state index in [0.717, 1.165) is 4.90 Å². The molecule has 0 aromatic heterocycles. The Morgan fingerprint density at radius 3 is 2.15 bits per heavy atom. The molecule has 0 aromatic rings. The van der Waals surface area contributed by atoms with E-state index in [1.54, 1.807) is 12.2 Å². The number of allylic oxidation sites excluding steroid dienone is 2. The Kier molecular flexibility index (Phi) is 4.06. The molecule has 0 aliphatic heterocycles. The Bertz CT molecular complexity index is 429. The molecule has 7 heteroatoms. The lowest BCUT2D eigenvalue weighted by Gasteiger charge is -2.31. The van der Waals surface area contributed by atoms with E-state index < -0.39 is 36.4 Å². The van der Waals surface area contributed by atoms with E-state index in [1.165, 1.54) is 0 Å². The summed E-state index contributed by atoms with van der Waals surface area (Å²) in [5.41, 5.74) is 0. The number of carboxylic acids is 1. The number of carbonyl (C=O) groups excluding carboxylic acids is 1. The highest BCUT2D eigenvalue weighted by Crippen LogP contribution is 2.35. The van der Waals surface area contributed by atoms with E-state index in [1.807, 2.05) is 0 Å². The van der Waals surface area contributed by atoms with Crippen LogP contribution in [0.4, 0.5) is 13.2 Å². The lowest BCUT2D eigenvalue weighted by molar-refractivity contribution is -0.168. The molecule has 0 unspecified atom stereocenters. The molecule has 1 saturated carbocycles. The third-order valence-electron chi connectivity index (χ3n) is 3.69. The highest BCUT2D eigenvalue weighted by molar-refractivity contribution is 5.85. The average Bonchev–Trinajstić information content (AvgIpc) is 3.18. The lowest BCUT2D eigenvalue weighted by Crippen LogP contribution is -2.46. The molecule has 2 rings (SSSR count). The highest BCUT2D eigenvalue weighted by Gasteiger charge is 2.45. The van der Waals surface area contributed by atoms with Gasteiger partial charge in [-0.1, -0.05) is 12.2 Å². The predicted molar refractivity (Wildman–Crippen MR) is 63.8 cm³/mol. The second-order valence-corrected chi connectivity index (χ2v) is 5.31. The van der Waals surface area contributed by atoms with Gasteiger partial charge in [0.2, 0.25) is 5.91 Å². The summed E-state index contributed by atoms with van der Waals surface area (Å²) in [5.74, 6) is -3.63. The zero-order valence-corrected chi connectivity index (χ0v) is 10.8. The van der Waals surface area contributed by atoms with Crippen LogP contribution in [0.25, 0.3) is 0 Å². The van der Waals surface area contributed by atoms with Crippen molar-refractivity contribution in [1.82, 2.24) is 4.90 Å². The van der Waals surface area contributed by atoms with Crippen molar-refractivity contribution in [3.63, 3.8) is 0 Å². The normalized spacial score (nSPS) is 26.4. The first-order valence-electron chi connectivity index (χ1n) is 6.54. The molecule has 0 heterocycles. The molecule has 20 heavy (non-hydrogen) atoms. The van der Waals surface area contributed by atoms with Gasteiger partial charge in [-0.05, 0) is 25.7 Å². The number of halogens is 3. The molecule has 1 amide bonds. The van der Waals surface area contributed by atoms with Gasteiger partial charge in [0, 0.05) is 6.04 Å². The second kappa shape index (κ2) is 5.46. The van der Waals surface area contributed by atoms with Crippen molar-refractivity contribution in [3.8, 4) is 0 Å². The first-order valence-corrected chi connectivity index (χ1v) is 6.54. The van der Waals surface area contributed by atoms with Gasteiger partial charge in [-0.15, -0.1) is 0 Å². The molecule has 0 spiro atoms. The van der Waals surface area contributed by atoms with Gasteiger partial charge in [0.15, 0.2) is 0 Å². The van der Waals surface area contributed by atoms with Gasteiger partial charge in [-0.3, -0.25) is 9.59 Å². The Balaban J connectivity index is 2.14. The quantitative estimate of drug-likeness (QED) is 0.808. The number of carboxylic acid groups (broad SMARTS) is 1. The molecular formula is C13H16F3NO3. The van der Waals surface area contributed by atoms with Crippen LogP contribution in [0.2, 0.25) is 0 Å². The molecule has 2 aliphatic rings. The van der Waals surface area contributed by atoms with Gasteiger partial charge in [0.05, 0.1) is 11.8 Å². The van der Waals surface area contributed by atoms with E-state index in [-0.39, 0.29) is 18.9 Å². The van der Waals surface area contributed by atoms with Crippen LogP contribution in [0, 0.1) is 11.8 Å². The summed E-state index contributed by atoms with van der Waals surface area (Å²) in [6, 6.07) is -0.385. The maximum atomic E-state index is 12.6. The first-order chi connectivity index (χ1) is 9.29. The highest BCUT2D eigenvalue weighted by atomic mass is 19.4. The topological polar surface area (TPSA) is 57.6 Å². The Labute approximate surface area is 114 Å². The zero-order valence-electron chi connectivity index (χ0n) is 10.8. The molecule has 112 valence electrons. The fraction of sp³-hybridized carbons (Fsp3) is 0.692. The van der Waals surface area contributed by atoms with E-state index >= 15 is 0 Å². The molecule has 4 nitrogen and oxygen atoms in total. The van der Waals surface area contributed by atoms with Gasteiger partial charge in [-0.2, -0.15) is 13.2 Å². The minimum absolute atomic E-state index is 0.191. The summed E-state index contributed by atoms with van der Waals surface area (Å²) in [5, 5.41) is 9.10. The fourth-order valence-corrected chi connectivity index (χ4v) is 2.54. The Hall–Kier alpha value is -1.53. The minimum Gasteiger partial charge on any atom is -0.481 e. The molecular weight excluding hydrogens is 275 g/mol. The van der Waals surface area contributed by atoms with Crippen molar-refractivity contribution < 1.29 is 27.9 Å². The summed E-state index contributed by atoms with van der Waals surface area (Å²) in [4.78, 5) is 24.3. The number of aliphatic carboxylic acids is 1. The Morgan fingerprint density at radius 2 is 1.70 bits per heavy atom. The van der Waals surface area contributed by atoms with Crippen molar-refractivity contribution in [2.45, 2.75) is 37.9 Å². The smallest absolute Gasteiger partial charge is 0.406 e. The summed E-state index contributed by atoms with van der Waals surface area (Å²) in [6.45, 7) is -1.29. The fourth-order valence-electron chi connectivity index (χ4n) is 2.54. The van der Waals surface area contributed by atoms with Crippen molar-refractivity contribution in [1.29, 1.82) is 0 Å². The minimum atomic E-state index is -4.46. The van der Waals surface area contributed by atoms with Crippen LogP contribution in [0.5, 0.6) is 0 Å². The van der Waals surface area contributed by atoms with Crippen LogP contribution < -0.4 is 0 Å². The van der Waals surface area contributed by atoms with Gasteiger partial charge >= 0.3 is 12.1 Å². The second-order valence-electron chi connectivity index (χ2n) is 5.31. The van der Waals surface area contributed by atoms with Crippen LogP contribution in [0.1, 0.15) is 25.7 Å². The summed E-state index contributed by atoms with van der Waals surface area (Å²) < 4.78 is 37.7. The van der Waals surface area contributed by atoms with Crippen molar-refractivity contribution in [3.05, 3.63) is 12.2 Å². The number of hydrogen-bond donors (Lipinski definition) is 1. The molecule has 0 saturated heterocycles. The van der Waals surface area contributed by atoms with E-state index in [9.17, 15) is 22.8 Å². The van der Waals surface area contributed by atoms with E-state index in [4.69, 9.17) is 5.11 Å². The van der Waals surface area contributed by atoms with Crippen LogP contribution in [0.15, 0.2) is 12.2 Å². The Morgan fingerprint density at radius 1 is 1.15 bits per heavy atom. The third-order valence-corrected chi connectivity index (χ3v) is 3.69. The lowest BCUT2D eigenvalue weighted by atomic mass is 9.82. The van der Waals surface area contributed by atoms with Gasteiger partial charge in [0.25, 0.3) is 0 Å². The number of alkyl halides is 3. The molecule has 0 radical (unpaired) electrons. The third kappa shape index (κ3) is 3.52. The van der Waals surface area contributed by atoms with E-state index in [2.05, 4.69) is 0 Å². The van der Waals surface area contributed by atoms with Crippen molar-refractivity contribution in [2.75, 3.05) is 6.54 Å². The average molecular weight is 291 g/mol. The van der Waals surface area contributed by atoms with Gasteiger partial charge < -0.3 is 10.0 Å². The molecule has 1 N–H and O–H groups in total.